The van der Waals surface area contributed by atoms with Gasteiger partial charge in [-0.05, 0) is 36.8 Å². The quantitative estimate of drug-likeness (QED) is 0.637. The van der Waals surface area contributed by atoms with Crippen LogP contribution in [-0.4, -0.2) is 32.3 Å². The molecule has 2 aromatic carbocycles. The first-order valence-corrected chi connectivity index (χ1v) is 7.46. The second-order valence-corrected chi connectivity index (χ2v) is 5.39. The molecule has 0 saturated carbocycles. The molecule has 0 radical (unpaired) electrons. The summed E-state index contributed by atoms with van der Waals surface area (Å²) in [5.41, 5.74) is 6.34. The first-order valence-electron chi connectivity index (χ1n) is 7.46. The summed E-state index contributed by atoms with van der Waals surface area (Å²) in [4.78, 5) is 13.8. The van der Waals surface area contributed by atoms with Gasteiger partial charge in [-0.2, -0.15) is 5.10 Å². The summed E-state index contributed by atoms with van der Waals surface area (Å²) in [5, 5.41) is 7.19. The van der Waals surface area contributed by atoms with Crippen molar-refractivity contribution in [2.75, 3.05) is 30.9 Å². The van der Waals surface area contributed by atoms with E-state index < -0.39 is 0 Å². The summed E-state index contributed by atoms with van der Waals surface area (Å²) in [5.74, 6) is -0.182. The van der Waals surface area contributed by atoms with E-state index in [2.05, 4.69) is 15.8 Å². The summed E-state index contributed by atoms with van der Waals surface area (Å²) in [6.45, 7) is 2.05. The smallest absolute Gasteiger partial charge is 0.259 e. The molecule has 0 bridgehead atoms. The van der Waals surface area contributed by atoms with E-state index in [1.165, 1.54) is 0 Å². The number of para-hydroxylation sites is 1. The van der Waals surface area contributed by atoms with Crippen LogP contribution in [-0.2, 0) is 4.79 Å². The molecule has 0 saturated heterocycles. The zero-order chi connectivity index (χ0) is 16.7. The van der Waals surface area contributed by atoms with Gasteiger partial charge in [-0.15, -0.1) is 0 Å². The Balaban J connectivity index is 1.87. The van der Waals surface area contributed by atoms with E-state index in [0.717, 1.165) is 22.6 Å². The van der Waals surface area contributed by atoms with Gasteiger partial charge in [0.25, 0.3) is 5.91 Å². The largest absolute Gasteiger partial charge is 0.378 e. The minimum Gasteiger partial charge on any atom is -0.378 e. The Kier molecular flexibility index (Phi) is 5.74. The van der Waals surface area contributed by atoms with Crippen LogP contribution in [0.15, 0.2) is 59.7 Å². The second kappa shape index (κ2) is 7.98. The van der Waals surface area contributed by atoms with Gasteiger partial charge in [0, 0.05) is 25.5 Å². The van der Waals surface area contributed by atoms with E-state index in [-0.39, 0.29) is 12.5 Å². The number of benzene rings is 2. The summed E-state index contributed by atoms with van der Waals surface area (Å²) in [6, 6.07) is 17.6. The average Bonchev–Trinajstić information content (AvgIpc) is 2.58. The first kappa shape index (κ1) is 16.5. The van der Waals surface area contributed by atoms with Crippen molar-refractivity contribution in [1.29, 1.82) is 0 Å². The van der Waals surface area contributed by atoms with Gasteiger partial charge in [-0.3, -0.25) is 4.79 Å². The van der Waals surface area contributed by atoms with Crippen LogP contribution in [0.4, 0.5) is 11.4 Å². The monoisotopic (exact) mass is 310 g/mol. The molecule has 5 nitrogen and oxygen atoms in total. The van der Waals surface area contributed by atoms with Crippen molar-refractivity contribution in [3.05, 3.63) is 60.2 Å². The van der Waals surface area contributed by atoms with Crippen molar-refractivity contribution < 1.29 is 4.79 Å². The van der Waals surface area contributed by atoms with E-state index in [1.54, 1.807) is 0 Å². The van der Waals surface area contributed by atoms with Gasteiger partial charge in [0.2, 0.25) is 0 Å². The molecule has 0 aliphatic carbocycles. The van der Waals surface area contributed by atoms with Crippen LogP contribution in [0, 0.1) is 0 Å². The molecule has 0 aromatic heterocycles. The molecule has 0 heterocycles. The predicted molar refractivity (Wildman–Crippen MR) is 96.1 cm³/mol. The van der Waals surface area contributed by atoms with Gasteiger partial charge in [0.15, 0.2) is 0 Å². The van der Waals surface area contributed by atoms with Crippen molar-refractivity contribution in [2.24, 2.45) is 5.10 Å². The lowest BCUT2D eigenvalue weighted by molar-refractivity contribution is -0.119. The van der Waals surface area contributed by atoms with Gasteiger partial charge in [-0.1, -0.05) is 30.3 Å². The molecule has 0 aliphatic rings. The third-order valence-corrected chi connectivity index (χ3v) is 3.38. The third-order valence-electron chi connectivity index (χ3n) is 3.38. The van der Waals surface area contributed by atoms with Crippen LogP contribution in [0.3, 0.4) is 0 Å². The Hall–Kier alpha value is -2.82. The highest BCUT2D eigenvalue weighted by molar-refractivity contribution is 5.99. The molecule has 2 rings (SSSR count). The normalized spacial score (nSPS) is 11.0. The Morgan fingerprint density at radius 3 is 2.30 bits per heavy atom. The first-order chi connectivity index (χ1) is 11.1. The number of carbonyl (C=O) groups is 1. The highest BCUT2D eigenvalue weighted by Crippen LogP contribution is 2.12. The number of hydrogen-bond acceptors (Lipinski definition) is 4. The van der Waals surface area contributed by atoms with Crippen LogP contribution < -0.4 is 15.6 Å². The minimum absolute atomic E-state index is 0.181. The Labute approximate surface area is 137 Å². The SMILES string of the molecule is C/C(=N/NC(=O)CNc1ccccc1)c1ccc(N(C)C)cc1. The van der Waals surface area contributed by atoms with Crippen LogP contribution in [0.1, 0.15) is 12.5 Å². The number of anilines is 2. The Morgan fingerprint density at radius 1 is 1.04 bits per heavy atom. The maximum Gasteiger partial charge on any atom is 0.259 e. The van der Waals surface area contributed by atoms with Crippen LogP contribution in [0.25, 0.3) is 0 Å². The summed E-state index contributed by atoms with van der Waals surface area (Å²) >= 11 is 0. The van der Waals surface area contributed by atoms with Crippen molar-refractivity contribution in [2.45, 2.75) is 6.92 Å². The molecule has 2 aromatic rings. The maximum atomic E-state index is 11.8. The lowest BCUT2D eigenvalue weighted by Gasteiger charge is -2.12. The highest BCUT2D eigenvalue weighted by Gasteiger charge is 2.02. The Bertz CT molecular complexity index is 663. The van der Waals surface area contributed by atoms with E-state index in [0.29, 0.717) is 0 Å². The predicted octanol–water partition coefficient (Wildman–Crippen LogP) is 2.70. The van der Waals surface area contributed by atoms with E-state index in [1.807, 2.05) is 80.5 Å². The molecule has 2 N–H and O–H groups in total. The standard InChI is InChI=1S/C18H22N4O/c1-14(15-9-11-17(12-10-15)22(2)3)20-21-18(23)13-19-16-7-5-4-6-8-16/h4-12,19H,13H2,1-3H3,(H,21,23)/b20-14-. The fourth-order valence-electron chi connectivity index (χ4n) is 1.99. The number of hydrogen-bond donors (Lipinski definition) is 2. The zero-order valence-electron chi connectivity index (χ0n) is 13.7. The number of nitrogens with zero attached hydrogens (tertiary/aromatic N) is 2. The van der Waals surface area contributed by atoms with Crippen molar-refractivity contribution in [1.82, 2.24) is 5.43 Å². The van der Waals surface area contributed by atoms with Gasteiger partial charge in [-0.25, -0.2) is 5.43 Å². The number of rotatable bonds is 6. The number of hydrazone groups is 1. The minimum atomic E-state index is -0.182. The van der Waals surface area contributed by atoms with Gasteiger partial charge >= 0.3 is 0 Å². The molecule has 5 heteroatoms. The van der Waals surface area contributed by atoms with Crippen LogP contribution in [0.5, 0.6) is 0 Å². The molecular weight excluding hydrogens is 288 g/mol. The number of nitrogens with one attached hydrogen (secondary N) is 2. The molecule has 0 atom stereocenters. The fraction of sp³-hybridized carbons (Fsp3) is 0.222. The van der Waals surface area contributed by atoms with Crippen molar-refractivity contribution in [3.8, 4) is 0 Å². The van der Waals surface area contributed by atoms with E-state index in [4.69, 9.17) is 0 Å². The summed E-state index contributed by atoms with van der Waals surface area (Å²) < 4.78 is 0. The fourth-order valence-corrected chi connectivity index (χ4v) is 1.99. The van der Waals surface area contributed by atoms with Crippen molar-refractivity contribution >= 4 is 23.0 Å². The third kappa shape index (κ3) is 5.14. The molecule has 23 heavy (non-hydrogen) atoms. The van der Waals surface area contributed by atoms with Gasteiger partial charge < -0.3 is 10.2 Å². The molecule has 0 spiro atoms. The molecule has 0 unspecified atom stereocenters. The lowest BCUT2D eigenvalue weighted by atomic mass is 10.1. The zero-order valence-corrected chi connectivity index (χ0v) is 13.7. The molecule has 0 fully saturated rings. The second-order valence-electron chi connectivity index (χ2n) is 5.39. The van der Waals surface area contributed by atoms with Gasteiger partial charge in [0.1, 0.15) is 0 Å². The molecule has 1 amide bonds. The summed E-state index contributed by atoms with van der Waals surface area (Å²) in [7, 11) is 3.99. The number of amides is 1. The van der Waals surface area contributed by atoms with Crippen molar-refractivity contribution in [3.63, 3.8) is 0 Å². The molecule has 0 aliphatic heterocycles. The van der Waals surface area contributed by atoms with Crippen LogP contribution in [0.2, 0.25) is 0 Å². The molecule has 120 valence electrons. The Morgan fingerprint density at radius 2 is 1.70 bits per heavy atom. The van der Waals surface area contributed by atoms with Gasteiger partial charge in [0.05, 0.1) is 12.3 Å². The van der Waals surface area contributed by atoms with E-state index >= 15 is 0 Å². The summed E-state index contributed by atoms with van der Waals surface area (Å²) in [6.07, 6.45) is 0. The average molecular weight is 310 g/mol. The lowest BCUT2D eigenvalue weighted by Crippen LogP contribution is -2.26. The topological polar surface area (TPSA) is 56.7 Å². The highest BCUT2D eigenvalue weighted by atomic mass is 16.2. The van der Waals surface area contributed by atoms with E-state index in [9.17, 15) is 4.79 Å². The number of carbonyl (C=O) groups excluding carboxylic acids is 1. The van der Waals surface area contributed by atoms with Crippen LogP contribution >= 0.6 is 0 Å². The molecular formula is C18H22N4O. The maximum absolute atomic E-state index is 11.8.